The average Bonchev–Trinajstić information content (AvgIpc) is 3.32. The lowest BCUT2D eigenvalue weighted by molar-refractivity contribution is -0.357. The molecule has 408 valence electrons. The number of carboxylic acid groups (broad SMARTS) is 2. The van der Waals surface area contributed by atoms with Crippen LogP contribution in [0.3, 0.4) is 0 Å². The van der Waals surface area contributed by atoms with Crippen LogP contribution in [-0.4, -0.2) is 197 Å². The van der Waals surface area contributed by atoms with Crippen molar-refractivity contribution in [1.29, 1.82) is 0 Å². The van der Waals surface area contributed by atoms with Gasteiger partial charge in [0.2, 0.25) is 11.8 Å². The highest BCUT2D eigenvalue weighted by atomic mass is 16.7. The summed E-state index contributed by atoms with van der Waals surface area (Å²) in [6, 6.07) is 6.98. The highest BCUT2D eigenvalue weighted by Gasteiger charge is 2.51. The van der Waals surface area contributed by atoms with Gasteiger partial charge in [-0.3, -0.25) is 9.59 Å². The lowest BCUT2D eigenvalue weighted by Crippen LogP contribution is -2.65. The van der Waals surface area contributed by atoms with Crippen LogP contribution in [0.15, 0.2) is 60.2 Å². The van der Waals surface area contributed by atoms with Gasteiger partial charge in [-0.2, -0.15) is 0 Å². The number of nitrogens with one attached hydrogen (secondary N) is 2. The number of benzene rings is 1. The minimum atomic E-state index is -1.66. The van der Waals surface area contributed by atoms with Crippen molar-refractivity contribution < 1.29 is 97.9 Å². The Labute approximate surface area is 419 Å². The van der Waals surface area contributed by atoms with Gasteiger partial charge in [0.05, 0.1) is 73.5 Å². The molecule has 0 bridgehead atoms. The topological polar surface area (TPSA) is 392 Å². The summed E-state index contributed by atoms with van der Waals surface area (Å²) in [6.45, 7) is 14.0. The molecule has 0 saturated carbocycles. The molecule has 0 radical (unpaired) electrons. The maximum atomic E-state index is 11.5. The number of carboxylic acids is 2. The number of rotatable bonds is 13. The molecule has 24 nitrogen and oxygen atoms in total. The number of aliphatic carboxylic acids is 2. The molecule has 2 amide bonds. The minimum absolute atomic E-state index is 0. The Morgan fingerprint density at radius 3 is 1.51 bits per heavy atom. The summed E-state index contributed by atoms with van der Waals surface area (Å²) in [6.07, 6.45) is -10.4. The second-order valence-corrected chi connectivity index (χ2v) is 17.6. The van der Waals surface area contributed by atoms with Gasteiger partial charge in [0, 0.05) is 77.7 Å². The third kappa shape index (κ3) is 18.5. The van der Waals surface area contributed by atoms with Crippen LogP contribution >= 0.6 is 0 Å². The molecule has 0 aromatic heterocycles. The number of carbonyl (C=O) groups excluding carboxylic acids is 3. The minimum Gasteiger partial charge on any atom is -0.547 e. The largest absolute Gasteiger partial charge is 0.547 e. The van der Waals surface area contributed by atoms with Crippen LogP contribution in [0.25, 0.3) is 0 Å². The summed E-state index contributed by atoms with van der Waals surface area (Å²) < 4.78 is 43.1. The molecular formula is C48H76N4O20. The van der Waals surface area contributed by atoms with Crippen LogP contribution < -0.4 is 27.6 Å². The van der Waals surface area contributed by atoms with E-state index in [9.17, 15) is 60.0 Å². The van der Waals surface area contributed by atoms with Gasteiger partial charge < -0.3 is 106 Å². The fourth-order valence-electron chi connectivity index (χ4n) is 8.18. The quantitative estimate of drug-likeness (QED) is 0.0928. The third-order valence-electron chi connectivity index (χ3n) is 12.0. The van der Waals surface area contributed by atoms with E-state index in [1.54, 1.807) is 13.8 Å². The predicted molar refractivity (Wildman–Crippen MR) is 253 cm³/mol. The second-order valence-electron chi connectivity index (χ2n) is 17.6. The van der Waals surface area contributed by atoms with Crippen LogP contribution in [0, 0.1) is 13.3 Å². The highest BCUT2D eigenvalue weighted by molar-refractivity contribution is 5.74. The molecule has 0 spiro atoms. The van der Waals surface area contributed by atoms with E-state index in [1.807, 2.05) is 12.5 Å². The molecule has 72 heavy (non-hydrogen) atoms. The van der Waals surface area contributed by atoms with Crippen molar-refractivity contribution in [3.63, 3.8) is 0 Å². The van der Waals surface area contributed by atoms with E-state index in [1.165, 1.54) is 44.8 Å². The number of aliphatic hydroxyl groups excluding tert-OH is 6. The van der Waals surface area contributed by atoms with E-state index >= 15 is 0 Å². The zero-order valence-electron chi connectivity index (χ0n) is 42.0. The summed E-state index contributed by atoms with van der Waals surface area (Å²) >= 11 is 0. The fraction of sp³-hybridized carbons (Fsp3) is 0.646. The number of carbonyl (C=O) groups is 4. The number of aryl methyl sites for hydroxylation is 1. The smallest absolute Gasteiger partial charge is 0.335 e. The van der Waals surface area contributed by atoms with Crippen LogP contribution in [-0.2, 0) is 63.6 Å². The Kier molecular flexibility index (Phi) is 27.1. The number of nitrogens with two attached hydrogens (primary N) is 1. The molecule has 4 aliphatic heterocycles. The van der Waals surface area contributed by atoms with Crippen molar-refractivity contribution >= 4 is 23.8 Å². The Hall–Kier alpha value is -4.45. The van der Waals surface area contributed by atoms with E-state index in [2.05, 4.69) is 67.5 Å². The number of hydrogen-bond donors (Lipinski definition) is 11. The van der Waals surface area contributed by atoms with Gasteiger partial charge in [0.15, 0.2) is 18.7 Å². The lowest BCUT2D eigenvalue weighted by Gasteiger charge is -2.46. The van der Waals surface area contributed by atoms with Gasteiger partial charge in [0.25, 0.3) is 0 Å². The maximum absolute atomic E-state index is 11.5. The Morgan fingerprint density at radius 1 is 0.750 bits per heavy atom. The van der Waals surface area contributed by atoms with E-state index < -0.39 is 122 Å². The molecule has 24 heteroatoms. The monoisotopic (exact) mass is 1030 g/mol. The predicted octanol–water partition coefficient (Wildman–Crippen LogP) is -2.27. The van der Waals surface area contributed by atoms with Crippen LogP contribution in [0.2, 0.25) is 0 Å². The van der Waals surface area contributed by atoms with Gasteiger partial charge >= 0.3 is 5.97 Å². The van der Waals surface area contributed by atoms with Gasteiger partial charge in [-0.25, -0.2) is 4.79 Å². The average molecular weight is 1030 g/mol. The highest BCUT2D eigenvalue weighted by Crippen LogP contribution is 2.31. The number of amides is 2. The molecule has 4 fully saturated rings. The molecule has 6 rings (SSSR count). The fourth-order valence-corrected chi connectivity index (χ4v) is 8.18. The second kappa shape index (κ2) is 30.7. The first-order chi connectivity index (χ1) is 33.5. The third-order valence-corrected chi connectivity index (χ3v) is 12.0. The Morgan fingerprint density at radius 2 is 1.18 bits per heavy atom. The van der Waals surface area contributed by atoms with Crippen LogP contribution in [0.5, 0.6) is 0 Å². The lowest BCUT2D eigenvalue weighted by atomic mass is 9.95. The summed E-state index contributed by atoms with van der Waals surface area (Å²) in [5.74, 6) is -3.69. The molecule has 4 saturated heterocycles. The molecule has 14 N–H and O–H groups in total. The van der Waals surface area contributed by atoms with Gasteiger partial charge in [-0.05, 0) is 39.8 Å². The van der Waals surface area contributed by atoms with E-state index in [-0.39, 0.29) is 44.0 Å². The zero-order chi connectivity index (χ0) is 53.3. The molecule has 5 aliphatic rings. The SMILES string of the molecule is C=C1C=CC(C)=C[CH+]1.COC1C(C(=O)O)OC(OC2CC(CO)OC(C)C2NC(C)=O)C(O)C1O.COC1C(C(=O)[O-])OC(OC2CC(CO)OC(C)C2NC(C)=O)C(O)C1O.Cc1ccc(CN)cc1.N. The number of hydrogen-bond acceptors (Lipinski definition) is 21. The summed E-state index contributed by atoms with van der Waals surface area (Å²) in [7, 11) is 2.36. The maximum Gasteiger partial charge on any atom is 0.335 e. The van der Waals surface area contributed by atoms with Crippen molar-refractivity contribution in [1.82, 2.24) is 16.8 Å². The van der Waals surface area contributed by atoms with Crippen LogP contribution in [0.1, 0.15) is 58.6 Å². The molecule has 1 aromatic carbocycles. The molecule has 18 atom stereocenters. The van der Waals surface area contributed by atoms with Crippen LogP contribution in [0.4, 0.5) is 0 Å². The van der Waals surface area contributed by atoms with Crippen molar-refractivity contribution in [2.75, 3.05) is 27.4 Å². The number of ether oxygens (including phenoxy) is 8. The normalized spacial score (nSPS) is 35.0. The molecule has 18 unspecified atom stereocenters. The van der Waals surface area contributed by atoms with Gasteiger partial charge in [0.1, 0.15) is 42.7 Å². The summed E-state index contributed by atoms with van der Waals surface area (Å²) in [5.41, 5.74) is 10.2. The molecular weight excluding hydrogens is 953 g/mol. The number of methoxy groups -OCH3 is 2. The first kappa shape index (κ1) is 63.7. The number of aliphatic hydroxyl groups is 6. The summed E-state index contributed by atoms with van der Waals surface area (Å²) in [5, 5.41) is 85.6. The van der Waals surface area contributed by atoms with Crippen molar-refractivity contribution in [2.45, 2.75) is 171 Å². The first-order valence-electron chi connectivity index (χ1n) is 23.0. The van der Waals surface area contributed by atoms with E-state index in [0.29, 0.717) is 6.54 Å². The van der Waals surface area contributed by atoms with Crippen molar-refractivity contribution in [3.05, 3.63) is 77.8 Å². The van der Waals surface area contributed by atoms with Gasteiger partial charge in [-0.1, -0.05) is 29.8 Å². The van der Waals surface area contributed by atoms with Crippen molar-refractivity contribution in [2.24, 2.45) is 5.73 Å². The molecule has 1 aromatic rings. The zero-order valence-corrected chi connectivity index (χ0v) is 42.0. The van der Waals surface area contributed by atoms with Crippen molar-refractivity contribution in [3.8, 4) is 0 Å². The number of allylic oxidation sites excluding steroid dienone is 5. The first-order valence-corrected chi connectivity index (χ1v) is 23.0. The van der Waals surface area contributed by atoms with Gasteiger partial charge in [-0.15, -0.1) is 0 Å². The molecule has 4 heterocycles. The Balaban J connectivity index is 0.000000368. The Bertz CT molecular complexity index is 1830. The summed E-state index contributed by atoms with van der Waals surface area (Å²) in [4.78, 5) is 45.7. The van der Waals surface area contributed by atoms with E-state index in [4.69, 9.17) is 43.6 Å². The standard InChI is InChI=1S/2C16H27NO10.C8H11N.C8H9.H3N/c2*1-6-10(17-7(2)19)9(4-8(5-18)25-6)26-16-12(21)11(20)13(24-3)14(27-16)15(22)23;1-7-2-4-8(6-9)5-3-7;1-7-3-5-8(2)6-4-7;/h2*6,8-14,16,18,20-21H,4-5H2,1-3H3,(H,17,19)(H,22,23);2-5H,6,9H2,1H3;3-6H,1H2,2H3;1H3/q;;;+1;/p-1. The van der Waals surface area contributed by atoms with E-state index in [0.717, 1.165) is 5.57 Å². The molecule has 1 aliphatic carbocycles.